The summed E-state index contributed by atoms with van der Waals surface area (Å²) in [5, 5.41) is 2.82. The highest BCUT2D eigenvalue weighted by Gasteiger charge is 2.41. The second kappa shape index (κ2) is 7.96. The molecule has 1 aromatic carbocycles. The van der Waals surface area contributed by atoms with Crippen molar-refractivity contribution in [1.29, 1.82) is 0 Å². The van der Waals surface area contributed by atoms with Crippen molar-refractivity contribution in [2.75, 3.05) is 25.1 Å². The lowest BCUT2D eigenvalue weighted by molar-refractivity contribution is -0.154. The molecule has 1 amide bonds. The second-order valence-electron chi connectivity index (χ2n) is 6.30. The number of nitrogens with one attached hydrogen (secondary N) is 1. The number of amides is 1. The Labute approximate surface area is 154 Å². The van der Waals surface area contributed by atoms with Crippen LogP contribution < -0.4 is 10.1 Å². The quantitative estimate of drug-likeness (QED) is 0.859. The van der Waals surface area contributed by atoms with Gasteiger partial charge in [0.1, 0.15) is 0 Å². The summed E-state index contributed by atoms with van der Waals surface area (Å²) in [6.45, 7) is -0.460. The number of hydrogen-bond acceptors (Lipinski definition) is 4. The molecular weight excluding hydrogens is 361 g/mol. The molecule has 8 heteroatoms. The molecule has 2 aromatic rings. The summed E-state index contributed by atoms with van der Waals surface area (Å²) in [7, 11) is 0. The fourth-order valence-corrected chi connectivity index (χ4v) is 3.07. The molecule has 1 saturated heterocycles. The Morgan fingerprint density at radius 3 is 2.44 bits per heavy atom. The number of carbonyl (C=O) groups excluding carboxylic acids is 1. The summed E-state index contributed by atoms with van der Waals surface area (Å²) in [5.41, 5.74) is 0.579. The minimum absolute atomic E-state index is 0.158. The number of anilines is 1. The van der Waals surface area contributed by atoms with Crippen LogP contribution in [0.5, 0.6) is 5.88 Å². The van der Waals surface area contributed by atoms with E-state index >= 15 is 0 Å². The molecule has 0 unspecified atom stereocenters. The Hall–Kier alpha value is -2.61. The van der Waals surface area contributed by atoms with E-state index in [-0.39, 0.29) is 11.8 Å². The van der Waals surface area contributed by atoms with Gasteiger partial charge in [0.2, 0.25) is 11.8 Å². The highest BCUT2D eigenvalue weighted by atomic mass is 19.4. The monoisotopic (exact) mass is 380 g/mol. The third-order valence-corrected chi connectivity index (χ3v) is 4.49. The zero-order chi connectivity index (χ0) is 19.3. The van der Waals surface area contributed by atoms with Crippen molar-refractivity contribution < 1.29 is 27.4 Å². The van der Waals surface area contributed by atoms with Crippen LogP contribution in [-0.2, 0) is 14.9 Å². The Morgan fingerprint density at radius 1 is 1.15 bits per heavy atom. The summed E-state index contributed by atoms with van der Waals surface area (Å²) in [4.78, 5) is 16.9. The topological polar surface area (TPSA) is 60.5 Å². The van der Waals surface area contributed by atoms with Crippen molar-refractivity contribution in [2.45, 2.75) is 24.4 Å². The highest BCUT2D eigenvalue weighted by molar-refractivity contribution is 5.99. The number of nitrogens with zero attached hydrogens (tertiary/aromatic N) is 1. The molecule has 0 spiro atoms. The number of hydrogen-bond donors (Lipinski definition) is 1. The fourth-order valence-electron chi connectivity index (χ4n) is 3.07. The summed E-state index contributed by atoms with van der Waals surface area (Å²) in [6, 6.07) is 12.2. The number of rotatable bonds is 5. The van der Waals surface area contributed by atoms with Gasteiger partial charge in [-0.15, -0.1) is 0 Å². The predicted octanol–water partition coefficient (Wildman–Crippen LogP) is 3.71. The molecule has 0 aliphatic carbocycles. The molecule has 1 aliphatic heterocycles. The Bertz CT molecular complexity index is 758. The van der Waals surface area contributed by atoms with Crippen LogP contribution in [0.2, 0.25) is 0 Å². The van der Waals surface area contributed by atoms with Gasteiger partial charge in [0.25, 0.3) is 0 Å². The van der Waals surface area contributed by atoms with Crippen LogP contribution in [0.3, 0.4) is 0 Å². The molecular formula is C19H19F3N2O3. The van der Waals surface area contributed by atoms with Crippen LogP contribution in [0.1, 0.15) is 18.4 Å². The van der Waals surface area contributed by atoms with Crippen LogP contribution in [-0.4, -0.2) is 36.9 Å². The third kappa shape index (κ3) is 4.77. The summed E-state index contributed by atoms with van der Waals surface area (Å²) < 4.78 is 46.5. The van der Waals surface area contributed by atoms with E-state index in [2.05, 4.69) is 15.0 Å². The van der Waals surface area contributed by atoms with Gasteiger partial charge in [-0.1, -0.05) is 30.3 Å². The Kier molecular flexibility index (Phi) is 5.65. The van der Waals surface area contributed by atoms with Crippen molar-refractivity contribution in [2.24, 2.45) is 0 Å². The van der Waals surface area contributed by atoms with E-state index in [1.807, 2.05) is 30.3 Å². The minimum atomic E-state index is -4.43. The van der Waals surface area contributed by atoms with Crippen molar-refractivity contribution in [1.82, 2.24) is 4.98 Å². The first-order chi connectivity index (χ1) is 12.9. The smallest absolute Gasteiger partial charge is 0.422 e. The maximum atomic E-state index is 13.1. The zero-order valence-electron chi connectivity index (χ0n) is 14.5. The standard InChI is InChI=1S/C19H19F3N2O3/c20-19(21,22)13-27-16-7-6-15(12-23-16)24-17(25)18(8-10-26-11-9-18)14-4-2-1-3-5-14/h1-7,12H,8-11,13H2,(H,24,25). The largest absolute Gasteiger partial charge is 0.468 e. The lowest BCUT2D eigenvalue weighted by Gasteiger charge is -2.36. The van der Waals surface area contributed by atoms with Gasteiger partial charge in [-0.05, 0) is 24.5 Å². The first-order valence-corrected chi connectivity index (χ1v) is 8.49. The van der Waals surface area contributed by atoms with E-state index in [0.29, 0.717) is 31.7 Å². The lowest BCUT2D eigenvalue weighted by Crippen LogP contribution is -2.44. The summed E-state index contributed by atoms with van der Waals surface area (Å²) in [6.07, 6.45) is -2.06. The average molecular weight is 380 g/mol. The van der Waals surface area contributed by atoms with Gasteiger partial charge in [0.05, 0.1) is 17.3 Å². The molecule has 5 nitrogen and oxygen atoms in total. The normalized spacial score (nSPS) is 16.6. The van der Waals surface area contributed by atoms with Gasteiger partial charge in [0, 0.05) is 19.3 Å². The molecule has 144 valence electrons. The number of pyridine rings is 1. The van der Waals surface area contributed by atoms with Crippen LogP contribution in [0.4, 0.5) is 18.9 Å². The number of halogens is 3. The minimum Gasteiger partial charge on any atom is -0.468 e. The van der Waals surface area contributed by atoms with Crippen LogP contribution >= 0.6 is 0 Å². The molecule has 3 rings (SSSR count). The Balaban J connectivity index is 1.72. The van der Waals surface area contributed by atoms with E-state index < -0.39 is 18.2 Å². The van der Waals surface area contributed by atoms with Gasteiger partial charge in [-0.2, -0.15) is 13.2 Å². The van der Waals surface area contributed by atoms with E-state index in [1.165, 1.54) is 18.3 Å². The van der Waals surface area contributed by atoms with E-state index in [1.54, 1.807) is 0 Å². The van der Waals surface area contributed by atoms with Crippen molar-refractivity contribution in [3.05, 3.63) is 54.2 Å². The van der Waals surface area contributed by atoms with Gasteiger partial charge in [-0.3, -0.25) is 4.79 Å². The number of carbonyl (C=O) groups is 1. The number of aromatic nitrogens is 1. The highest BCUT2D eigenvalue weighted by Crippen LogP contribution is 2.36. The fraction of sp³-hybridized carbons (Fsp3) is 0.368. The predicted molar refractivity (Wildman–Crippen MR) is 92.6 cm³/mol. The van der Waals surface area contributed by atoms with Gasteiger partial charge < -0.3 is 14.8 Å². The molecule has 1 aromatic heterocycles. The molecule has 1 fully saturated rings. The Morgan fingerprint density at radius 2 is 1.85 bits per heavy atom. The van der Waals surface area contributed by atoms with Crippen LogP contribution in [0, 0.1) is 0 Å². The van der Waals surface area contributed by atoms with Crippen molar-refractivity contribution in [3.63, 3.8) is 0 Å². The van der Waals surface area contributed by atoms with E-state index in [4.69, 9.17) is 4.74 Å². The first-order valence-electron chi connectivity index (χ1n) is 8.49. The molecule has 1 N–H and O–H groups in total. The molecule has 0 bridgehead atoms. The SMILES string of the molecule is O=C(Nc1ccc(OCC(F)(F)F)nc1)C1(c2ccccc2)CCOCC1. The molecule has 0 atom stereocenters. The maximum absolute atomic E-state index is 13.1. The third-order valence-electron chi connectivity index (χ3n) is 4.49. The molecule has 1 aliphatic rings. The van der Waals surface area contributed by atoms with E-state index in [0.717, 1.165) is 5.56 Å². The molecule has 2 heterocycles. The maximum Gasteiger partial charge on any atom is 0.422 e. The number of ether oxygens (including phenoxy) is 2. The first kappa shape index (κ1) is 19.2. The summed E-state index contributed by atoms with van der Waals surface area (Å²) >= 11 is 0. The van der Waals surface area contributed by atoms with Crippen LogP contribution in [0.15, 0.2) is 48.7 Å². The van der Waals surface area contributed by atoms with Crippen LogP contribution in [0.25, 0.3) is 0 Å². The number of benzene rings is 1. The second-order valence-corrected chi connectivity index (χ2v) is 6.30. The molecule has 0 saturated carbocycles. The van der Waals surface area contributed by atoms with Crippen molar-refractivity contribution in [3.8, 4) is 5.88 Å². The zero-order valence-corrected chi connectivity index (χ0v) is 14.5. The number of alkyl halides is 3. The molecule has 0 radical (unpaired) electrons. The lowest BCUT2D eigenvalue weighted by atomic mass is 9.73. The van der Waals surface area contributed by atoms with E-state index in [9.17, 15) is 18.0 Å². The van der Waals surface area contributed by atoms with Gasteiger partial charge in [0.15, 0.2) is 6.61 Å². The molecule has 27 heavy (non-hydrogen) atoms. The average Bonchev–Trinajstić information content (AvgIpc) is 2.68. The van der Waals surface area contributed by atoms with Crippen molar-refractivity contribution >= 4 is 11.6 Å². The van der Waals surface area contributed by atoms with Gasteiger partial charge in [-0.25, -0.2) is 4.98 Å². The summed E-state index contributed by atoms with van der Waals surface area (Å²) in [5.74, 6) is -0.350. The van der Waals surface area contributed by atoms with Gasteiger partial charge >= 0.3 is 6.18 Å².